The van der Waals surface area contributed by atoms with E-state index in [-0.39, 0.29) is 36.0 Å². The highest BCUT2D eigenvalue weighted by molar-refractivity contribution is 14.0. The average molecular weight is 507 g/mol. The molecule has 1 amide bonds. The fourth-order valence-electron chi connectivity index (χ4n) is 4.24. The van der Waals surface area contributed by atoms with Gasteiger partial charge in [0.2, 0.25) is 0 Å². The molecule has 0 aliphatic carbocycles. The number of carbonyl (C=O) groups is 1. The van der Waals surface area contributed by atoms with Gasteiger partial charge >= 0.3 is 0 Å². The number of ether oxygens (including phenoxy) is 1. The number of aliphatic imine (C=N–C) groups is 1. The molecule has 3 saturated heterocycles. The van der Waals surface area contributed by atoms with Crippen LogP contribution in [0.25, 0.3) is 0 Å². The van der Waals surface area contributed by atoms with E-state index in [0.29, 0.717) is 0 Å². The van der Waals surface area contributed by atoms with Gasteiger partial charge in [0.15, 0.2) is 5.96 Å². The first-order chi connectivity index (χ1) is 13.2. The number of likely N-dealkylation sites (tertiary alicyclic amines) is 1. The van der Waals surface area contributed by atoms with Crippen LogP contribution in [0, 0.1) is 5.92 Å². The van der Waals surface area contributed by atoms with Gasteiger partial charge in [-0.2, -0.15) is 0 Å². The lowest BCUT2D eigenvalue weighted by atomic mass is 9.94. The van der Waals surface area contributed by atoms with Crippen molar-refractivity contribution >= 4 is 35.8 Å². The highest BCUT2D eigenvalue weighted by Gasteiger charge is 2.30. The van der Waals surface area contributed by atoms with Crippen LogP contribution in [0.4, 0.5) is 0 Å². The van der Waals surface area contributed by atoms with Gasteiger partial charge in [-0.25, -0.2) is 0 Å². The molecule has 3 rings (SSSR count). The molecule has 0 aromatic rings. The number of guanidine groups is 1. The zero-order valence-electron chi connectivity index (χ0n) is 17.6. The van der Waals surface area contributed by atoms with E-state index in [9.17, 15) is 4.79 Å². The Morgan fingerprint density at radius 1 is 1.07 bits per heavy atom. The Bertz CT molecular complexity index is 497. The van der Waals surface area contributed by atoms with Crippen molar-refractivity contribution in [3.8, 4) is 0 Å². The summed E-state index contributed by atoms with van der Waals surface area (Å²) in [6, 6.07) is 0. The Morgan fingerprint density at radius 3 is 2.36 bits per heavy atom. The number of amides is 1. The van der Waals surface area contributed by atoms with Crippen LogP contribution in [0.2, 0.25) is 0 Å². The van der Waals surface area contributed by atoms with Crippen molar-refractivity contribution in [2.45, 2.75) is 45.1 Å². The van der Waals surface area contributed by atoms with E-state index in [4.69, 9.17) is 9.73 Å². The van der Waals surface area contributed by atoms with Crippen LogP contribution >= 0.6 is 24.0 Å². The highest BCUT2D eigenvalue weighted by atomic mass is 127. The monoisotopic (exact) mass is 507 g/mol. The van der Waals surface area contributed by atoms with Gasteiger partial charge in [0.25, 0.3) is 5.91 Å². The fourth-order valence-corrected chi connectivity index (χ4v) is 4.24. The van der Waals surface area contributed by atoms with E-state index in [0.717, 1.165) is 70.6 Å². The summed E-state index contributed by atoms with van der Waals surface area (Å²) >= 11 is 0. The summed E-state index contributed by atoms with van der Waals surface area (Å²) in [4.78, 5) is 24.1. The number of hydrogen-bond acceptors (Lipinski definition) is 4. The van der Waals surface area contributed by atoms with Gasteiger partial charge in [0.05, 0.1) is 0 Å². The maximum absolute atomic E-state index is 12.5. The minimum absolute atomic E-state index is 0. The topological polar surface area (TPSA) is 60.4 Å². The molecule has 0 radical (unpaired) electrons. The van der Waals surface area contributed by atoms with Crippen molar-refractivity contribution in [3.05, 3.63) is 0 Å². The van der Waals surface area contributed by atoms with Crippen molar-refractivity contribution in [3.63, 3.8) is 0 Å². The van der Waals surface area contributed by atoms with E-state index in [2.05, 4.69) is 29.1 Å². The van der Waals surface area contributed by atoms with Gasteiger partial charge in [0.1, 0.15) is 6.10 Å². The maximum Gasteiger partial charge on any atom is 0.251 e. The van der Waals surface area contributed by atoms with Gasteiger partial charge in [-0.15, -0.1) is 24.0 Å². The standard InChI is InChI=1S/C20H37N5O2.HI/c1-3-21-20(22-9-6-17-7-10-23(2)11-8-17)25-14-12-24(13-15-25)19(26)18-5-4-16-27-18;/h17-18H,3-16H2,1-2H3,(H,21,22);1H. The van der Waals surface area contributed by atoms with E-state index in [1.165, 1.54) is 32.4 Å². The summed E-state index contributed by atoms with van der Waals surface area (Å²) in [5.41, 5.74) is 0. The Labute approximate surface area is 187 Å². The number of rotatable bonds is 5. The average Bonchev–Trinajstić information content (AvgIpc) is 3.23. The first-order valence-corrected chi connectivity index (χ1v) is 10.8. The smallest absolute Gasteiger partial charge is 0.251 e. The predicted molar refractivity (Wildman–Crippen MR) is 123 cm³/mol. The van der Waals surface area contributed by atoms with Crippen LogP contribution < -0.4 is 5.32 Å². The SMILES string of the molecule is CCNC(=NCCC1CCN(C)CC1)N1CCN(C(=O)C2CCCO2)CC1.I. The van der Waals surface area contributed by atoms with E-state index >= 15 is 0 Å². The van der Waals surface area contributed by atoms with Crippen molar-refractivity contribution < 1.29 is 9.53 Å². The van der Waals surface area contributed by atoms with Gasteiger partial charge in [0, 0.05) is 45.9 Å². The molecule has 0 aromatic carbocycles. The van der Waals surface area contributed by atoms with Gasteiger partial charge in [-0.05, 0) is 65.1 Å². The minimum atomic E-state index is -0.201. The number of piperazine rings is 1. The summed E-state index contributed by atoms with van der Waals surface area (Å²) in [6.45, 7) is 10.3. The third-order valence-electron chi connectivity index (χ3n) is 6.07. The van der Waals surface area contributed by atoms with E-state index in [1.54, 1.807) is 0 Å². The molecule has 162 valence electrons. The lowest BCUT2D eigenvalue weighted by Crippen LogP contribution is -2.55. The predicted octanol–water partition coefficient (Wildman–Crippen LogP) is 1.63. The molecular formula is C20H38IN5O2. The van der Waals surface area contributed by atoms with Gasteiger partial charge in [-0.3, -0.25) is 9.79 Å². The zero-order valence-corrected chi connectivity index (χ0v) is 19.9. The molecule has 0 bridgehead atoms. The largest absolute Gasteiger partial charge is 0.368 e. The van der Waals surface area contributed by atoms with E-state index in [1.807, 2.05) is 4.90 Å². The number of nitrogens with zero attached hydrogens (tertiary/aromatic N) is 4. The first-order valence-electron chi connectivity index (χ1n) is 10.8. The normalized spacial score (nSPS) is 24.9. The molecule has 0 saturated carbocycles. The van der Waals surface area contributed by atoms with Crippen molar-refractivity contribution in [1.82, 2.24) is 20.0 Å². The Morgan fingerprint density at radius 2 is 1.75 bits per heavy atom. The molecule has 0 spiro atoms. The van der Waals surface area contributed by atoms with Crippen molar-refractivity contribution in [2.24, 2.45) is 10.9 Å². The van der Waals surface area contributed by atoms with Gasteiger partial charge in [-0.1, -0.05) is 0 Å². The van der Waals surface area contributed by atoms with Crippen molar-refractivity contribution in [1.29, 1.82) is 0 Å². The van der Waals surface area contributed by atoms with Crippen molar-refractivity contribution in [2.75, 3.05) is 66.0 Å². The third-order valence-corrected chi connectivity index (χ3v) is 6.07. The second kappa shape index (κ2) is 12.2. The molecule has 3 heterocycles. The molecule has 7 nitrogen and oxygen atoms in total. The van der Waals surface area contributed by atoms with Gasteiger partial charge < -0.3 is 24.8 Å². The molecular weight excluding hydrogens is 469 g/mol. The number of nitrogens with one attached hydrogen (secondary N) is 1. The van der Waals surface area contributed by atoms with Crippen LogP contribution in [-0.2, 0) is 9.53 Å². The molecule has 1 N–H and O–H groups in total. The summed E-state index contributed by atoms with van der Waals surface area (Å²) in [7, 11) is 2.21. The van der Waals surface area contributed by atoms with Crippen LogP contribution in [-0.4, -0.2) is 98.7 Å². The Balaban J connectivity index is 0.00000280. The molecule has 3 aliphatic rings. The molecule has 3 aliphatic heterocycles. The minimum Gasteiger partial charge on any atom is -0.368 e. The third kappa shape index (κ3) is 6.73. The number of carbonyl (C=O) groups excluding carboxylic acids is 1. The fraction of sp³-hybridized carbons (Fsp3) is 0.900. The summed E-state index contributed by atoms with van der Waals surface area (Å²) < 4.78 is 5.55. The Hall–Kier alpha value is -0.610. The summed E-state index contributed by atoms with van der Waals surface area (Å²) in [5.74, 6) is 2.00. The second-order valence-corrected chi connectivity index (χ2v) is 8.08. The molecule has 1 unspecified atom stereocenters. The lowest BCUT2D eigenvalue weighted by molar-refractivity contribution is -0.142. The lowest BCUT2D eigenvalue weighted by Gasteiger charge is -2.37. The number of halogens is 1. The molecule has 1 atom stereocenters. The number of piperidine rings is 1. The summed E-state index contributed by atoms with van der Waals surface area (Å²) in [6.07, 6.45) is 5.46. The van der Waals surface area contributed by atoms with Crippen LogP contribution in [0.1, 0.15) is 39.0 Å². The Kier molecular flexibility index (Phi) is 10.3. The van der Waals surface area contributed by atoms with E-state index < -0.39 is 0 Å². The van der Waals surface area contributed by atoms with Crippen LogP contribution in [0.5, 0.6) is 0 Å². The van der Waals surface area contributed by atoms with Crippen LogP contribution in [0.15, 0.2) is 4.99 Å². The first kappa shape index (κ1) is 23.7. The molecule has 8 heteroatoms. The van der Waals surface area contributed by atoms with Crippen LogP contribution in [0.3, 0.4) is 0 Å². The number of hydrogen-bond donors (Lipinski definition) is 1. The maximum atomic E-state index is 12.5. The highest BCUT2D eigenvalue weighted by Crippen LogP contribution is 2.19. The second-order valence-electron chi connectivity index (χ2n) is 8.08. The summed E-state index contributed by atoms with van der Waals surface area (Å²) in [5, 5.41) is 3.44. The molecule has 28 heavy (non-hydrogen) atoms. The zero-order chi connectivity index (χ0) is 19.1. The quantitative estimate of drug-likeness (QED) is 0.348. The molecule has 0 aromatic heterocycles. The molecule has 3 fully saturated rings.